The maximum atomic E-state index is 5.75. The Bertz CT molecular complexity index is 577. The summed E-state index contributed by atoms with van der Waals surface area (Å²) in [7, 11) is 2.01. The molecule has 0 saturated heterocycles. The number of rotatable bonds is 4. The molecule has 1 unspecified atom stereocenters. The summed E-state index contributed by atoms with van der Waals surface area (Å²) >= 11 is 0. The normalized spacial score (nSPS) is 17.5. The second-order valence-electron chi connectivity index (χ2n) is 4.96. The number of ether oxygens (including phenoxy) is 1. The molecule has 0 saturated carbocycles. The quantitative estimate of drug-likeness (QED) is 0.916. The number of nitrogens with zero attached hydrogens (tertiary/aromatic N) is 1. The Labute approximate surface area is 112 Å². The summed E-state index contributed by atoms with van der Waals surface area (Å²) in [4.78, 5) is 0. The molecule has 0 fully saturated rings. The van der Waals surface area contributed by atoms with Crippen molar-refractivity contribution >= 4 is 0 Å². The number of benzene rings is 1. The molecule has 1 N–H and O–H groups in total. The van der Waals surface area contributed by atoms with Crippen LogP contribution in [0.15, 0.2) is 28.8 Å². The van der Waals surface area contributed by atoms with Crippen molar-refractivity contribution in [2.45, 2.75) is 32.4 Å². The molecule has 1 aliphatic carbocycles. The van der Waals surface area contributed by atoms with Gasteiger partial charge in [0.1, 0.15) is 12.4 Å². The van der Waals surface area contributed by atoms with Crippen LogP contribution in [0.25, 0.3) is 0 Å². The summed E-state index contributed by atoms with van der Waals surface area (Å²) in [6, 6.07) is 8.70. The summed E-state index contributed by atoms with van der Waals surface area (Å²) in [6.45, 7) is 2.33. The molecule has 19 heavy (non-hydrogen) atoms. The first-order chi connectivity index (χ1) is 9.26. The highest BCUT2D eigenvalue weighted by molar-refractivity contribution is 5.40. The molecule has 2 aromatic rings. The molecule has 1 aromatic carbocycles. The lowest BCUT2D eigenvalue weighted by Crippen LogP contribution is -2.12. The molecule has 0 aliphatic heterocycles. The van der Waals surface area contributed by atoms with Crippen molar-refractivity contribution in [3.8, 4) is 5.75 Å². The van der Waals surface area contributed by atoms with Gasteiger partial charge in [-0.25, -0.2) is 0 Å². The highest BCUT2D eigenvalue weighted by atomic mass is 16.5. The second kappa shape index (κ2) is 5.05. The minimum Gasteiger partial charge on any atom is -0.486 e. The first-order valence-corrected chi connectivity index (χ1v) is 6.61. The van der Waals surface area contributed by atoms with Gasteiger partial charge in [-0.3, -0.25) is 0 Å². The van der Waals surface area contributed by atoms with Gasteiger partial charge in [0.25, 0.3) is 0 Å². The number of hydrogen-bond acceptors (Lipinski definition) is 4. The van der Waals surface area contributed by atoms with E-state index in [0.29, 0.717) is 12.6 Å². The summed E-state index contributed by atoms with van der Waals surface area (Å²) < 4.78 is 10.9. The van der Waals surface area contributed by atoms with Crippen molar-refractivity contribution in [3.05, 3.63) is 46.8 Å². The molecular formula is C15H18N2O2. The Morgan fingerprint density at radius 1 is 1.42 bits per heavy atom. The monoisotopic (exact) mass is 258 g/mol. The lowest BCUT2D eigenvalue weighted by Gasteiger charge is -2.11. The molecule has 4 nitrogen and oxygen atoms in total. The zero-order chi connectivity index (χ0) is 13.2. The van der Waals surface area contributed by atoms with E-state index in [0.717, 1.165) is 30.0 Å². The SMILES string of the molecule is CNC1CCc2cc(OCc3cc(C)no3)ccc21. The third kappa shape index (κ3) is 2.49. The van der Waals surface area contributed by atoms with Crippen LogP contribution in [0, 0.1) is 6.92 Å². The van der Waals surface area contributed by atoms with Crippen LogP contribution in [-0.2, 0) is 13.0 Å². The molecule has 1 heterocycles. The van der Waals surface area contributed by atoms with Crippen molar-refractivity contribution < 1.29 is 9.26 Å². The van der Waals surface area contributed by atoms with Crippen molar-refractivity contribution in [1.29, 1.82) is 0 Å². The maximum Gasteiger partial charge on any atom is 0.174 e. The lowest BCUT2D eigenvalue weighted by molar-refractivity contribution is 0.248. The third-order valence-corrected chi connectivity index (χ3v) is 3.60. The van der Waals surface area contributed by atoms with Gasteiger partial charge >= 0.3 is 0 Å². The van der Waals surface area contributed by atoms with Gasteiger partial charge in [0, 0.05) is 12.1 Å². The van der Waals surface area contributed by atoms with Crippen LogP contribution < -0.4 is 10.1 Å². The fraction of sp³-hybridized carbons (Fsp3) is 0.400. The average Bonchev–Trinajstić information content (AvgIpc) is 3.01. The third-order valence-electron chi connectivity index (χ3n) is 3.60. The van der Waals surface area contributed by atoms with E-state index in [9.17, 15) is 0 Å². The van der Waals surface area contributed by atoms with Crippen LogP contribution in [0.3, 0.4) is 0 Å². The van der Waals surface area contributed by atoms with Crippen molar-refractivity contribution in [2.75, 3.05) is 7.05 Å². The Morgan fingerprint density at radius 2 is 2.32 bits per heavy atom. The molecule has 0 spiro atoms. The van der Waals surface area contributed by atoms with Crippen molar-refractivity contribution in [2.24, 2.45) is 0 Å². The van der Waals surface area contributed by atoms with Crippen LogP contribution in [0.2, 0.25) is 0 Å². The molecule has 1 aromatic heterocycles. The number of fused-ring (bicyclic) bond motifs is 1. The van der Waals surface area contributed by atoms with Crippen LogP contribution in [-0.4, -0.2) is 12.2 Å². The molecule has 0 radical (unpaired) electrons. The summed E-state index contributed by atoms with van der Waals surface area (Å²) in [5.41, 5.74) is 3.65. The zero-order valence-electron chi connectivity index (χ0n) is 11.3. The minimum atomic E-state index is 0.426. The molecular weight excluding hydrogens is 240 g/mol. The standard InChI is InChI=1S/C15H18N2O2/c1-10-7-13(19-17-10)9-18-12-4-5-14-11(8-12)3-6-15(14)16-2/h4-5,7-8,15-16H,3,6,9H2,1-2H3. The van der Waals surface area contributed by atoms with Gasteiger partial charge in [-0.15, -0.1) is 0 Å². The number of hydrogen-bond donors (Lipinski definition) is 1. The molecule has 1 aliphatic rings. The van der Waals surface area contributed by atoms with E-state index in [2.05, 4.69) is 22.6 Å². The molecule has 4 heteroatoms. The van der Waals surface area contributed by atoms with Gasteiger partial charge < -0.3 is 14.6 Å². The van der Waals surface area contributed by atoms with Gasteiger partial charge in [-0.1, -0.05) is 11.2 Å². The van der Waals surface area contributed by atoms with Crippen molar-refractivity contribution in [1.82, 2.24) is 10.5 Å². The van der Waals surface area contributed by atoms with Crippen LogP contribution in [0.4, 0.5) is 0 Å². The largest absolute Gasteiger partial charge is 0.486 e. The molecule has 1 atom stereocenters. The van der Waals surface area contributed by atoms with E-state index >= 15 is 0 Å². The number of aromatic nitrogens is 1. The Hall–Kier alpha value is -1.81. The topological polar surface area (TPSA) is 47.3 Å². The van der Waals surface area contributed by atoms with E-state index in [4.69, 9.17) is 9.26 Å². The Balaban J connectivity index is 1.69. The smallest absolute Gasteiger partial charge is 0.174 e. The average molecular weight is 258 g/mol. The summed E-state index contributed by atoms with van der Waals surface area (Å²) in [5.74, 6) is 1.65. The molecule has 0 amide bonds. The van der Waals surface area contributed by atoms with E-state index in [1.54, 1.807) is 0 Å². The first kappa shape index (κ1) is 12.2. The van der Waals surface area contributed by atoms with Gasteiger partial charge in [0.05, 0.1) is 5.69 Å². The van der Waals surface area contributed by atoms with Gasteiger partial charge in [-0.2, -0.15) is 0 Å². The number of nitrogens with one attached hydrogen (secondary N) is 1. The first-order valence-electron chi connectivity index (χ1n) is 6.61. The minimum absolute atomic E-state index is 0.426. The molecule has 0 bridgehead atoms. The Kier molecular flexibility index (Phi) is 3.25. The van der Waals surface area contributed by atoms with Crippen LogP contribution in [0.1, 0.15) is 35.0 Å². The zero-order valence-corrected chi connectivity index (χ0v) is 11.3. The van der Waals surface area contributed by atoms with E-state index < -0.39 is 0 Å². The lowest BCUT2D eigenvalue weighted by atomic mass is 10.1. The van der Waals surface area contributed by atoms with Crippen molar-refractivity contribution in [3.63, 3.8) is 0 Å². The highest BCUT2D eigenvalue weighted by Gasteiger charge is 2.21. The Morgan fingerprint density at radius 3 is 3.05 bits per heavy atom. The van der Waals surface area contributed by atoms with E-state index in [1.165, 1.54) is 11.1 Å². The molecule has 100 valence electrons. The van der Waals surface area contributed by atoms with E-state index in [1.807, 2.05) is 26.1 Å². The van der Waals surface area contributed by atoms with Gasteiger partial charge in [-0.05, 0) is 50.1 Å². The predicted octanol–water partition coefficient (Wildman–Crippen LogP) is 2.77. The second-order valence-corrected chi connectivity index (χ2v) is 4.96. The summed E-state index contributed by atoms with van der Waals surface area (Å²) in [6.07, 6.45) is 2.27. The fourth-order valence-electron chi connectivity index (χ4n) is 2.62. The number of aryl methyl sites for hydroxylation is 2. The molecule has 3 rings (SSSR count). The summed E-state index contributed by atoms with van der Waals surface area (Å²) in [5, 5.41) is 7.18. The van der Waals surface area contributed by atoms with Crippen LogP contribution in [0.5, 0.6) is 5.75 Å². The van der Waals surface area contributed by atoms with Crippen LogP contribution >= 0.6 is 0 Å². The van der Waals surface area contributed by atoms with E-state index in [-0.39, 0.29) is 0 Å². The van der Waals surface area contributed by atoms with Gasteiger partial charge in [0.2, 0.25) is 0 Å². The predicted molar refractivity (Wildman–Crippen MR) is 72.1 cm³/mol. The fourth-order valence-corrected chi connectivity index (χ4v) is 2.62. The maximum absolute atomic E-state index is 5.75. The highest BCUT2D eigenvalue weighted by Crippen LogP contribution is 2.33. The van der Waals surface area contributed by atoms with Gasteiger partial charge in [0.15, 0.2) is 5.76 Å².